The minimum absolute atomic E-state index is 0.101. The van der Waals surface area contributed by atoms with Gasteiger partial charge in [0, 0.05) is 6.92 Å². The van der Waals surface area contributed by atoms with Crippen LogP contribution in [0.5, 0.6) is 0 Å². The van der Waals surface area contributed by atoms with E-state index in [2.05, 4.69) is 10.6 Å². The van der Waals surface area contributed by atoms with Crippen LogP contribution < -0.4 is 16.4 Å². The van der Waals surface area contributed by atoms with Crippen molar-refractivity contribution in [2.75, 3.05) is 11.9 Å². The number of rotatable bonds is 7. The molecule has 0 saturated carbocycles. The van der Waals surface area contributed by atoms with E-state index in [0.29, 0.717) is 5.56 Å². The summed E-state index contributed by atoms with van der Waals surface area (Å²) < 4.78 is 4.94. The fraction of sp³-hybridized carbons (Fsp3) is 0.111. The van der Waals surface area contributed by atoms with E-state index in [9.17, 15) is 19.2 Å². The quantitative estimate of drug-likeness (QED) is 0.490. The predicted molar refractivity (Wildman–Crippen MR) is 101 cm³/mol. The van der Waals surface area contributed by atoms with Gasteiger partial charge in [-0.3, -0.25) is 14.4 Å². The molecule has 140 valence electrons. The van der Waals surface area contributed by atoms with Crippen LogP contribution in [0.15, 0.2) is 47.5 Å². The molecule has 2 rings (SSSR count). The van der Waals surface area contributed by atoms with Gasteiger partial charge in [0.2, 0.25) is 5.91 Å². The number of ether oxygens (including phenoxy) is 1. The van der Waals surface area contributed by atoms with Crippen molar-refractivity contribution in [2.24, 2.45) is 5.73 Å². The van der Waals surface area contributed by atoms with Crippen LogP contribution in [-0.4, -0.2) is 30.3 Å². The summed E-state index contributed by atoms with van der Waals surface area (Å²) in [4.78, 5) is 46.7. The van der Waals surface area contributed by atoms with Crippen molar-refractivity contribution in [3.05, 3.63) is 58.6 Å². The Morgan fingerprint density at radius 3 is 2.48 bits per heavy atom. The molecule has 0 atom stereocenters. The lowest BCUT2D eigenvalue weighted by Gasteiger charge is -2.09. The first-order chi connectivity index (χ1) is 12.9. The minimum Gasteiger partial charge on any atom is -0.451 e. The average molecular weight is 387 g/mol. The van der Waals surface area contributed by atoms with Crippen LogP contribution in [0.4, 0.5) is 5.00 Å². The summed E-state index contributed by atoms with van der Waals surface area (Å²) in [5.41, 5.74) is 5.94. The van der Waals surface area contributed by atoms with Crippen molar-refractivity contribution in [3.63, 3.8) is 0 Å². The number of primary amides is 1. The molecule has 0 unspecified atom stereocenters. The standard InChI is InChI=1S/C18H17N3O5S/c1-11(22)20-14(9-12-5-3-2-4-6-12)18(25)26-10-15(23)21-17-13(16(19)24)7-8-27-17/h2-9H,10H2,1H3,(H2,19,24)(H,20,22)(H,21,23)/b14-9-. The molecule has 0 spiro atoms. The number of nitrogens with one attached hydrogen (secondary N) is 2. The molecular formula is C18H17N3O5S. The van der Waals surface area contributed by atoms with Gasteiger partial charge in [-0.05, 0) is 23.1 Å². The normalized spacial score (nSPS) is 10.8. The van der Waals surface area contributed by atoms with E-state index in [1.54, 1.807) is 29.6 Å². The second kappa shape index (κ2) is 9.30. The number of hydrogen-bond donors (Lipinski definition) is 3. The largest absolute Gasteiger partial charge is 0.451 e. The van der Waals surface area contributed by atoms with Crippen LogP contribution >= 0.6 is 11.3 Å². The maximum Gasteiger partial charge on any atom is 0.355 e. The average Bonchev–Trinajstić information content (AvgIpc) is 3.08. The monoisotopic (exact) mass is 387 g/mol. The molecule has 0 fully saturated rings. The fourth-order valence-corrected chi connectivity index (χ4v) is 2.83. The van der Waals surface area contributed by atoms with Gasteiger partial charge in [-0.15, -0.1) is 11.3 Å². The fourth-order valence-electron chi connectivity index (χ4n) is 2.02. The molecule has 9 heteroatoms. The maximum absolute atomic E-state index is 12.2. The number of thiophene rings is 1. The van der Waals surface area contributed by atoms with Gasteiger partial charge >= 0.3 is 5.97 Å². The minimum atomic E-state index is -0.870. The molecule has 1 aromatic heterocycles. The summed E-state index contributed by atoms with van der Waals surface area (Å²) in [5, 5.41) is 6.70. The molecule has 0 saturated heterocycles. The summed E-state index contributed by atoms with van der Waals surface area (Å²) in [6, 6.07) is 10.3. The van der Waals surface area contributed by atoms with Crippen molar-refractivity contribution in [1.82, 2.24) is 5.32 Å². The first kappa shape index (κ1) is 19.9. The molecule has 2 aromatic rings. The zero-order valence-electron chi connectivity index (χ0n) is 14.4. The lowest BCUT2D eigenvalue weighted by molar-refractivity contribution is -0.144. The first-order valence-electron chi connectivity index (χ1n) is 7.75. The highest BCUT2D eigenvalue weighted by Crippen LogP contribution is 2.22. The molecule has 0 radical (unpaired) electrons. The summed E-state index contributed by atoms with van der Waals surface area (Å²) in [6.07, 6.45) is 1.44. The second-order valence-corrected chi connectivity index (χ2v) is 6.22. The first-order valence-corrected chi connectivity index (χ1v) is 8.63. The zero-order valence-corrected chi connectivity index (χ0v) is 15.2. The second-order valence-electron chi connectivity index (χ2n) is 5.30. The van der Waals surface area contributed by atoms with Gasteiger partial charge in [0.1, 0.15) is 10.7 Å². The number of benzene rings is 1. The Morgan fingerprint density at radius 1 is 1.15 bits per heavy atom. The van der Waals surface area contributed by atoms with E-state index in [-0.39, 0.29) is 16.3 Å². The Bertz CT molecular complexity index is 889. The van der Waals surface area contributed by atoms with Crippen LogP contribution in [0.1, 0.15) is 22.8 Å². The molecule has 0 bridgehead atoms. The highest BCUT2D eigenvalue weighted by molar-refractivity contribution is 7.14. The van der Waals surface area contributed by atoms with Gasteiger partial charge in [-0.25, -0.2) is 4.79 Å². The molecule has 1 heterocycles. The number of carbonyl (C=O) groups excluding carboxylic acids is 4. The van der Waals surface area contributed by atoms with Crippen LogP contribution in [0.25, 0.3) is 6.08 Å². The third-order valence-corrected chi connectivity index (χ3v) is 3.99. The summed E-state index contributed by atoms with van der Waals surface area (Å²) in [5.74, 6) is -2.65. The van der Waals surface area contributed by atoms with Crippen molar-refractivity contribution in [3.8, 4) is 0 Å². The van der Waals surface area contributed by atoms with E-state index < -0.39 is 30.3 Å². The van der Waals surface area contributed by atoms with Crippen LogP contribution in [-0.2, 0) is 19.1 Å². The van der Waals surface area contributed by atoms with E-state index in [0.717, 1.165) is 11.3 Å². The molecule has 3 amide bonds. The lowest BCUT2D eigenvalue weighted by Crippen LogP contribution is -2.29. The van der Waals surface area contributed by atoms with Gasteiger partial charge in [0.15, 0.2) is 6.61 Å². The Labute approximate surface area is 159 Å². The third kappa shape index (κ3) is 6.08. The molecule has 0 aliphatic heterocycles. The molecule has 0 aliphatic carbocycles. The van der Waals surface area contributed by atoms with Crippen LogP contribution in [0.2, 0.25) is 0 Å². The number of amides is 3. The van der Waals surface area contributed by atoms with Crippen molar-refractivity contribution < 1.29 is 23.9 Å². The zero-order chi connectivity index (χ0) is 19.8. The van der Waals surface area contributed by atoms with Crippen LogP contribution in [0, 0.1) is 0 Å². The molecule has 27 heavy (non-hydrogen) atoms. The number of anilines is 1. The van der Waals surface area contributed by atoms with Crippen molar-refractivity contribution in [2.45, 2.75) is 6.92 Å². The highest BCUT2D eigenvalue weighted by atomic mass is 32.1. The summed E-state index contributed by atoms with van der Waals surface area (Å²) in [6.45, 7) is 0.654. The van der Waals surface area contributed by atoms with E-state index >= 15 is 0 Å². The number of hydrogen-bond acceptors (Lipinski definition) is 6. The Morgan fingerprint density at radius 2 is 1.85 bits per heavy atom. The molecule has 8 nitrogen and oxygen atoms in total. The van der Waals surface area contributed by atoms with Gasteiger partial charge in [-0.1, -0.05) is 30.3 Å². The summed E-state index contributed by atoms with van der Waals surface area (Å²) >= 11 is 1.12. The molecule has 4 N–H and O–H groups in total. The topological polar surface area (TPSA) is 128 Å². The predicted octanol–water partition coefficient (Wildman–Crippen LogP) is 1.51. The lowest BCUT2D eigenvalue weighted by atomic mass is 10.2. The van der Waals surface area contributed by atoms with E-state index in [1.807, 2.05) is 6.07 Å². The molecule has 0 aliphatic rings. The van der Waals surface area contributed by atoms with Crippen LogP contribution in [0.3, 0.4) is 0 Å². The van der Waals surface area contributed by atoms with Gasteiger partial charge < -0.3 is 21.1 Å². The number of esters is 1. The number of carbonyl (C=O) groups is 4. The van der Waals surface area contributed by atoms with Crippen molar-refractivity contribution in [1.29, 1.82) is 0 Å². The van der Waals surface area contributed by atoms with Gasteiger partial charge in [-0.2, -0.15) is 0 Å². The summed E-state index contributed by atoms with van der Waals surface area (Å²) in [7, 11) is 0. The Kier molecular flexibility index (Phi) is 6.84. The van der Waals surface area contributed by atoms with Gasteiger partial charge in [0.25, 0.3) is 11.8 Å². The Hall–Kier alpha value is -3.46. The number of nitrogens with two attached hydrogens (primary N) is 1. The molecule has 1 aromatic carbocycles. The Balaban J connectivity index is 2.01. The smallest absolute Gasteiger partial charge is 0.355 e. The van der Waals surface area contributed by atoms with E-state index in [4.69, 9.17) is 10.5 Å². The van der Waals surface area contributed by atoms with Gasteiger partial charge in [0.05, 0.1) is 5.56 Å². The SMILES string of the molecule is CC(=O)N/C(=C\c1ccccc1)C(=O)OCC(=O)Nc1sccc1C(N)=O. The van der Waals surface area contributed by atoms with E-state index in [1.165, 1.54) is 19.1 Å². The van der Waals surface area contributed by atoms with Crippen molar-refractivity contribution >= 4 is 46.1 Å². The maximum atomic E-state index is 12.2. The highest BCUT2D eigenvalue weighted by Gasteiger charge is 2.17. The third-order valence-electron chi connectivity index (χ3n) is 3.16. The molecular weight excluding hydrogens is 370 g/mol.